The highest BCUT2D eigenvalue weighted by molar-refractivity contribution is 6.31. The predicted octanol–water partition coefficient (Wildman–Crippen LogP) is 5.20. The number of anilines is 1. The van der Waals surface area contributed by atoms with Crippen molar-refractivity contribution in [1.82, 2.24) is 5.32 Å². The van der Waals surface area contributed by atoms with Gasteiger partial charge in [-0.25, -0.2) is 4.79 Å². The van der Waals surface area contributed by atoms with E-state index in [2.05, 4.69) is 10.6 Å². The third kappa shape index (κ3) is 4.80. The van der Waals surface area contributed by atoms with Crippen molar-refractivity contribution in [3.63, 3.8) is 0 Å². The first-order valence-electron chi connectivity index (χ1n) is 7.30. The SMILES string of the molecule is O=C(Nc1ccc(Cl)c(C(F)(F)F)c1)NC1CCCCCC1. The van der Waals surface area contributed by atoms with E-state index in [0.29, 0.717) is 0 Å². The lowest BCUT2D eigenvalue weighted by Gasteiger charge is -2.17. The molecular formula is C15H18ClF3N2O. The van der Waals surface area contributed by atoms with Crippen molar-refractivity contribution >= 4 is 23.3 Å². The van der Waals surface area contributed by atoms with Crippen LogP contribution in [-0.2, 0) is 6.18 Å². The number of urea groups is 1. The van der Waals surface area contributed by atoms with Gasteiger partial charge in [-0.05, 0) is 31.0 Å². The lowest BCUT2D eigenvalue weighted by atomic mass is 10.1. The smallest absolute Gasteiger partial charge is 0.335 e. The topological polar surface area (TPSA) is 41.1 Å². The van der Waals surface area contributed by atoms with E-state index < -0.39 is 17.8 Å². The molecular weight excluding hydrogens is 317 g/mol. The van der Waals surface area contributed by atoms with Gasteiger partial charge in [0.05, 0.1) is 10.6 Å². The fraction of sp³-hybridized carbons (Fsp3) is 0.533. The molecule has 1 aliphatic rings. The summed E-state index contributed by atoms with van der Waals surface area (Å²) in [6, 6.07) is 2.92. The largest absolute Gasteiger partial charge is 0.417 e. The molecule has 1 aromatic rings. The second-order valence-electron chi connectivity index (χ2n) is 5.48. The van der Waals surface area contributed by atoms with E-state index >= 15 is 0 Å². The van der Waals surface area contributed by atoms with Crippen LogP contribution in [0.15, 0.2) is 18.2 Å². The fourth-order valence-corrected chi connectivity index (χ4v) is 2.82. The van der Waals surface area contributed by atoms with Crippen molar-refractivity contribution in [2.24, 2.45) is 0 Å². The van der Waals surface area contributed by atoms with Crippen LogP contribution in [0.2, 0.25) is 5.02 Å². The van der Waals surface area contributed by atoms with Crippen molar-refractivity contribution in [2.45, 2.75) is 50.7 Å². The van der Waals surface area contributed by atoms with Crippen LogP contribution >= 0.6 is 11.6 Å². The molecule has 2 N–H and O–H groups in total. The quantitative estimate of drug-likeness (QED) is 0.717. The van der Waals surface area contributed by atoms with Crippen molar-refractivity contribution in [2.75, 3.05) is 5.32 Å². The van der Waals surface area contributed by atoms with E-state index in [1.54, 1.807) is 0 Å². The molecule has 0 radical (unpaired) electrons. The molecule has 3 nitrogen and oxygen atoms in total. The maximum Gasteiger partial charge on any atom is 0.417 e. The average molecular weight is 335 g/mol. The first-order valence-corrected chi connectivity index (χ1v) is 7.68. The summed E-state index contributed by atoms with van der Waals surface area (Å²) in [6.07, 6.45) is 1.70. The summed E-state index contributed by atoms with van der Waals surface area (Å²) in [5, 5.41) is 4.87. The molecule has 0 bridgehead atoms. The third-order valence-corrected chi connectivity index (χ3v) is 4.05. The van der Waals surface area contributed by atoms with E-state index in [1.807, 2.05) is 0 Å². The monoisotopic (exact) mass is 334 g/mol. The van der Waals surface area contributed by atoms with E-state index in [1.165, 1.54) is 6.07 Å². The van der Waals surface area contributed by atoms with Gasteiger partial charge in [0.1, 0.15) is 0 Å². The number of benzene rings is 1. The van der Waals surface area contributed by atoms with Gasteiger partial charge in [0.25, 0.3) is 0 Å². The minimum atomic E-state index is -4.55. The van der Waals surface area contributed by atoms with E-state index in [4.69, 9.17) is 11.6 Å². The number of hydrogen-bond acceptors (Lipinski definition) is 1. The Morgan fingerprint density at radius 1 is 1.14 bits per heavy atom. The number of carbonyl (C=O) groups is 1. The second kappa shape index (κ2) is 7.22. The van der Waals surface area contributed by atoms with Crippen LogP contribution in [0, 0.1) is 0 Å². The van der Waals surface area contributed by atoms with Crippen LogP contribution in [0.3, 0.4) is 0 Å². The molecule has 0 saturated heterocycles. The second-order valence-corrected chi connectivity index (χ2v) is 5.89. The van der Waals surface area contributed by atoms with Crippen molar-refractivity contribution in [1.29, 1.82) is 0 Å². The predicted molar refractivity (Wildman–Crippen MR) is 80.1 cm³/mol. The first-order chi connectivity index (χ1) is 10.4. The lowest BCUT2D eigenvalue weighted by Crippen LogP contribution is -2.37. The summed E-state index contributed by atoms with van der Waals surface area (Å²) in [5.41, 5.74) is -0.885. The van der Waals surface area contributed by atoms with Gasteiger partial charge in [0.2, 0.25) is 0 Å². The van der Waals surface area contributed by atoms with Gasteiger partial charge in [0, 0.05) is 11.7 Å². The summed E-state index contributed by atoms with van der Waals surface area (Å²) in [4.78, 5) is 11.9. The van der Waals surface area contributed by atoms with Gasteiger partial charge < -0.3 is 10.6 Å². The van der Waals surface area contributed by atoms with E-state index in [-0.39, 0.29) is 16.8 Å². The maximum atomic E-state index is 12.8. The standard InChI is InChI=1S/C15H18ClF3N2O/c16-13-8-7-11(9-12(13)15(17,18)19)21-14(22)20-10-5-3-1-2-4-6-10/h7-10H,1-6H2,(H2,20,21,22). The van der Waals surface area contributed by atoms with Crippen LogP contribution in [-0.4, -0.2) is 12.1 Å². The lowest BCUT2D eigenvalue weighted by molar-refractivity contribution is -0.137. The highest BCUT2D eigenvalue weighted by Gasteiger charge is 2.33. The van der Waals surface area contributed by atoms with Gasteiger partial charge in [-0.2, -0.15) is 13.2 Å². The molecule has 0 heterocycles. The first kappa shape index (κ1) is 16.9. The maximum absolute atomic E-state index is 12.8. The number of nitrogens with one attached hydrogen (secondary N) is 2. The Kier molecular flexibility index (Phi) is 5.56. The van der Waals surface area contributed by atoms with Gasteiger partial charge >= 0.3 is 12.2 Å². The van der Waals surface area contributed by atoms with Crippen LogP contribution < -0.4 is 10.6 Å². The number of hydrogen-bond donors (Lipinski definition) is 2. The normalized spacial score (nSPS) is 16.9. The Labute approximate surface area is 132 Å². The molecule has 1 fully saturated rings. The Hall–Kier alpha value is -1.43. The summed E-state index contributed by atoms with van der Waals surface area (Å²) in [5.74, 6) is 0. The highest BCUT2D eigenvalue weighted by atomic mass is 35.5. The van der Waals surface area contributed by atoms with Crippen LogP contribution in [0.4, 0.5) is 23.7 Å². The van der Waals surface area contributed by atoms with Crippen molar-refractivity contribution in [3.05, 3.63) is 28.8 Å². The molecule has 2 rings (SSSR count). The molecule has 0 aromatic heterocycles. The summed E-state index contributed by atoms with van der Waals surface area (Å²) in [6.45, 7) is 0. The van der Waals surface area contributed by atoms with Crippen molar-refractivity contribution < 1.29 is 18.0 Å². The molecule has 0 unspecified atom stereocenters. The minimum absolute atomic E-state index is 0.0721. The fourth-order valence-electron chi connectivity index (χ4n) is 2.60. The number of halogens is 4. The zero-order valence-corrected chi connectivity index (χ0v) is 12.7. The molecule has 122 valence electrons. The van der Waals surface area contributed by atoms with Gasteiger partial charge in [0.15, 0.2) is 0 Å². The Morgan fingerprint density at radius 3 is 2.36 bits per heavy atom. The van der Waals surface area contributed by atoms with Gasteiger partial charge in [-0.1, -0.05) is 37.3 Å². The molecule has 2 amide bonds. The molecule has 0 aliphatic heterocycles. The van der Waals surface area contributed by atoms with Crippen LogP contribution in [0.25, 0.3) is 0 Å². The molecule has 0 spiro atoms. The molecule has 1 saturated carbocycles. The molecule has 1 aromatic carbocycles. The Bertz CT molecular complexity index is 526. The van der Waals surface area contributed by atoms with E-state index in [0.717, 1.165) is 50.7 Å². The molecule has 1 aliphatic carbocycles. The molecule has 7 heteroatoms. The van der Waals surface area contributed by atoms with Crippen LogP contribution in [0.1, 0.15) is 44.1 Å². The molecule has 22 heavy (non-hydrogen) atoms. The molecule has 0 atom stereocenters. The Morgan fingerprint density at radius 2 is 1.77 bits per heavy atom. The number of amides is 2. The van der Waals surface area contributed by atoms with Crippen LogP contribution in [0.5, 0.6) is 0 Å². The zero-order chi connectivity index (χ0) is 16.2. The summed E-state index contributed by atoms with van der Waals surface area (Å²) < 4.78 is 38.3. The number of alkyl halides is 3. The van der Waals surface area contributed by atoms with Crippen molar-refractivity contribution in [3.8, 4) is 0 Å². The third-order valence-electron chi connectivity index (χ3n) is 3.72. The summed E-state index contributed by atoms with van der Waals surface area (Å²) >= 11 is 5.54. The van der Waals surface area contributed by atoms with Gasteiger partial charge in [-0.15, -0.1) is 0 Å². The number of rotatable bonds is 2. The van der Waals surface area contributed by atoms with Gasteiger partial charge in [-0.3, -0.25) is 0 Å². The highest BCUT2D eigenvalue weighted by Crippen LogP contribution is 2.36. The minimum Gasteiger partial charge on any atom is -0.335 e. The Balaban J connectivity index is 1.99. The number of carbonyl (C=O) groups excluding carboxylic acids is 1. The summed E-state index contributed by atoms with van der Waals surface area (Å²) in [7, 11) is 0. The zero-order valence-electron chi connectivity index (χ0n) is 12.0. The average Bonchev–Trinajstić information content (AvgIpc) is 2.68. The van der Waals surface area contributed by atoms with E-state index in [9.17, 15) is 18.0 Å².